The van der Waals surface area contributed by atoms with E-state index in [0.717, 1.165) is 16.7 Å². The van der Waals surface area contributed by atoms with Gasteiger partial charge in [0.05, 0.1) is 0 Å². The van der Waals surface area contributed by atoms with Gasteiger partial charge >= 0.3 is 0 Å². The molecule has 0 aliphatic heterocycles. The molecule has 0 unspecified atom stereocenters. The number of hydrogen-bond donors (Lipinski definition) is 2. The van der Waals surface area contributed by atoms with Crippen molar-refractivity contribution in [2.75, 3.05) is 31.7 Å². The number of anilines is 1. The van der Waals surface area contributed by atoms with E-state index >= 15 is 0 Å². The van der Waals surface area contributed by atoms with Crippen molar-refractivity contribution >= 4 is 23.5 Å². The topological polar surface area (TPSA) is 86.8 Å². The predicted molar refractivity (Wildman–Crippen MR) is 82.6 cm³/mol. The Morgan fingerprint density at radius 3 is 2.86 bits per heavy atom. The molecule has 2 aromatic rings. The number of aryl methyl sites for hydroxylation is 1. The maximum Gasteiger partial charge on any atom is 0.272 e. The second-order valence-electron chi connectivity index (χ2n) is 4.59. The highest BCUT2D eigenvalue weighted by atomic mass is 32.2. The molecule has 0 aliphatic rings. The third-order valence-corrected chi connectivity index (χ3v) is 3.44. The van der Waals surface area contributed by atoms with Gasteiger partial charge in [0.2, 0.25) is 5.16 Å². The van der Waals surface area contributed by atoms with Crippen LogP contribution in [0.5, 0.6) is 0 Å². The molecule has 8 heteroatoms. The van der Waals surface area contributed by atoms with Crippen LogP contribution in [0.15, 0.2) is 23.4 Å². The molecule has 21 heavy (non-hydrogen) atoms. The van der Waals surface area contributed by atoms with Gasteiger partial charge in [-0.05, 0) is 19.1 Å². The van der Waals surface area contributed by atoms with E-state index in [1.54, 1.807) is 31.9 Å². The lowest BCUT2D eigenvalue weighted by atomic mass is 10.3. The lowest BCUT2D eigenvalue weighted by Gasteiger charge is -2.11. The van der Waals surface area contributed by atoms with Crippen molar-refractivity contribution in [2.45, 2.75) is 12.1 Å². The highest BCUT2D eigenvalue weighted by Crippen LogP contribution is 2.12. The first kappa shape index (κ1) is 15.3. The summed E-state index contributed by atoms with van der Waals surface area (Å²) in [6.07, 6.45) is 0. The summed E-state index contributed by atoms with van der Waals surface area (Å²) in [6, 6.07) is 5.37. The van der Waals surface area contributed by atoms with Crippen LogP contribution >= 0.6 is 11.8 Å². The number of aromatic amines is 1. The summed E-state index contributed by atoms with van der Waals surface area (Å²) in [5.41, 5.74) is 0.433. The minimum atomic E-state index is -0.107. The molecule has 0 radical (unpaired) electrons. The van der Waals surface area contributed by atoms with Gasteiger partial charge in [-0.1, -0.05) is 17.8 Å². The number of rotatable bonds is 6. The van der Waals surface area contributed by atoms with Crippen molar-refractivity contribution < 1.29 is 4.79 Å². The predicted octanol–water partition coefficient (Wildman–Crippen LogP) is 1.41. The first-order chi connectivity index (χ1) is 10.1. The number of aromatic nitrogens is 4. The SMILES string of the molecule is Cc1nc(SCCNc2cccc(C(=O)N(C)C)n2)n[nH]1. The number of thioether (sulfide) groups is 1. The van der Waals surface area contributed by atoms with Crippen molar-refractivity contribution in [2.24, 2.45) is 0 Å². The van der Waals surface area contributed by atoms with E-state index in [9.17, 15) is 4.79 Å². The van der Waals surface area contributed by atoms with Gasteiger partial charge in [0.15, 0.2) is 0 Å². The zero-order chi connectivity index (χ0) is 15.2. The van der Waals surface area contributed by atoms with Crippen LogP contribution in [0.2, 0.25) is 0 Å². The molecular formula is C13H18N6OS. The second-order valence-corrected chi connectivity index (χ2v) is 5.65. The van der Waals surface area contributed by atoms with Gasteiger partial charge in [0, 0.05) is 26.4 Å². The minimum absolute atomic E-state index is 0.107. The number of carbonyl (C=O) groups excluding carboxylic acids is 1. The Hall–Kier alpha value is -2.09. The van der Waals surface area contributed by atoms with Gasteiger partial charge in [0.25, 0.3) is 5.91 Å². The zero-order valence-electron chi connectivity index (χ0n) is 12.3. The van der Waals surface area contributed by atoms with Crippen molar-refractivity contribution in [3.05, 3.63) is 29.7 Å². The molecule has 1 amide bonds. The van der Waals surface area contributed by atoms with Crippen LogP contribution in [0.1, 0.15) is 16.3 Å². The zero-order valence-corrected chi connectivity index (χ0v) is 13.1. The van der Waals surface area contributed by atoms with Crippen LogP contribution in [0.4, 0.5) is 5.82 Å². The molecule has 0 atom stereocenters. The molecule has 0 aliphatic carbocycles. The van der Waals surface area contributed by atoms with Crippen LogP contribution in [-0.2, 0) is 0 Å². The van der Waals surface area contributed by atoms with Gasteiger partial charge in [-0.15, -0.1) is 5.10 Å². The Morgan fingerprint density at radius 1 is 1.38 bits per heavy atom. The standard InChI is InChI=1S/C13H18N6OS/c1-9-15-13(18-17-9)21-8-7-14-11-6-4-5-10(16-11)12(20)19(2)3/h4-6H,7-8H2,1-3H3,(H,14,16)(H,15,17,18). The smallest absolute Gasteiger partial charge is 0.272 e. The molecule has 2 heterocycles. The quantitative estimate of drug-likeness (QED) is 0.620. The summed E-state index contributed by atoms with van der Waals surface area (Å²) in [7, 11) is 3.42. The van der Waals surface area contributed by atoms with E-state index in [0.29, 0.717) is 18.1 Å². The van der Waals surface area contributed by atoms with E-state index < -0.39 is 0 Å². The maximum absolute atomic E-state index is 11.8. The number of nitrogens with one attached hydrogen (secondary N) is 2. The Morgan fingerprint density at radius 2 is 2.19 bits per heavy atom. The summed E-state index contributed by atoms with van der Waals surface area (Å²) < 4.78 is 0. The molecule has 0 saturated heterocycles. The molecule has 0 fully saturated rings. The Balaban J connectivity index is 1.83. The molecule has 0 spiro atoms. The summed E-state index contributed by atoms with van der Waals surface area (Å²) in [5.74, 6) is 2.20. The second kappa shape index (κ2) is 7.07. The maximum atomic E-state index is 11.8. The first-order valence-corrected chi connectivity index (χ1v) is 7.49. The van der Waals surface area contributed by atoms with Crippen LogP contribution in [0, 0.1) is 6.92 Å². The highest BCUT2D eigenvalue weighted by Gasteiger charge is 2.09. The molecule has 0 aromatic carbocycles. The largest absolute Gasteiger partial charge is 0.369 e. The lowest BCUT2D eigenvalue weighted by Crippen LogP contribution is -2.23. The summed E-state index contributed by atoms with van der Waals surface area (Å²) in [4.78, 5) is 21.8. The number of hydrogen-bond acceptors (Lipinski definition) is 6. The summed E-state index contributed by atoms with van der Waals surface area (Å²) in [5, 5.41) is 10.8. The van der Waals surface area contributed by atoms with Gasteiger partial charge in [-0.25, -0.2) is 9.97 Å². The molecule has 7 nitrogen and oxygen atoms in total. The lowest BCUT2D eigenvalue weighted by molar-refractivity contribution is 0.0822. The Kier molecular flexibility index (Phi) is 5.15. The average Bonchev–Trinajstić information content (AvgIpc) is 2.88. The van der Waals surface area contributed by atoms with Crippen LogP contribution in [-0.4, -0.2) is 57.4 Å². The van der Waals surface area contributed by atoms with Crippen LogP contribution in [0.3, 0.4) is 0 Å². The third kappa shape index (κ3) is 4.45. The van der Waals surface area contributed by atoms with Crippen molar-refractivity contribution in [3.8, 4) is 0 Å². The fraction of sp³-hybridized carbons (Fsp3) is 0.385. The number of nitrogens with zero attached hydrogens (tertiary/aromatic N) is 4. The average molecular weight is 306 g/mol. The normalized spacial score (nSPS) is 10.4. The van der Waals surface area contributed by atoms with Crippen molar-refractivity contribution in [1.29, 1.82) is 0 Å². The number of carbonyl (C=O) groups is 1. The number of H-pyrrole nitrogens is 1. The molecule has 0 bridgehead atoms. The van der Waals surface area contributed by atoms with Crippen molar-refractivity contribution in [1.82, 2.24) is 25.1 Å². The molecule has 2 rings (SSSR count). The number of amides is 1. The van der Waals surface area contributed by atoms with Gasteiger partial charge in [0.1, 0.15) is 17.3 Å². The first-order valence-electron chi connectivity index (χ1n) is 6.50. The Bertz CT molecular complexity index is 612. The van der Waals surface area contributed by atoms with E-state index in [1.807, 2.05) is 19.1 Å². The summed E-state index contributed by atoms with van der Waals surface area (Å²) >= 11 is 1.56. The molecular weight excluding hydrogens is 288 g/mol. The van der Waals surface area contributed by atoms with Gasteiger partial charge < -0.3 is 10.2 Å². The fourth-order valence-corrected chi connectivity index (χ4v) is 2.29. The van der Waals surface area contributed by atoms with E-state index in [4.69, 9.17) is 0 Å². The Labute approximate surface area is 127 Å². The van der Waals surface area contributed by atoms with E-state index in [2.05, 4.69) is 25.5 Å². The van der Waals surface area contributed by atoms with Crippen LogP contribution in [0.25, 0.3) is 0 Å². The number of pyridine rings is 1. The molecule has 2 aromatic heterocycles. The highest BCUT2D eigenvalue weighted by molar-refractivity contribution is 7.99. The fourth-order valence-electron chi connectivity index (χ4n) is 1.59. The van der Waals surface area contributed by atoms with Crippen LogP contribution < -0.4 is 5.32 Å². The van der Waals surface area contributed by atoms with Crippen molar-refractivity contribution in [3.63, 3.8) is 0 Å². The van der Waals surface area contributed by atoms with E-state index in [-0.39, 0.29) is 5.91 Å². The summed E-state index contributed by atoms with van der Waals surface area (Å²) in [6.45, 7) is 2.58. The minimum Gasteiger partial charge on any atom is -0.369 e. The molecule has 0 saturated carbocycles. The third-order valence-electron chi connectivity index (χ3n) is 2.59. The molecule has 2 N–H and O–H groups in total. The van der Waals surface area contributed by atoms with E-state index in [1.165, 1.54) is 4.90 Å². The monoisotopic (exact) mass is 306 g/mol. The van der Waals surface area contributed by atoms with Gasteiger partial charge in [-0.2, -0.15) is 0 Å². The molecule has 112 valence electrons. The van der Waals surface area contributed by atoms with Gasteiger partial charge in [-0.3, -0.25) is 9.89 Å².